The van der Waals surface area contributed by atoms with Crippen molar-refractivity contribution in [2.24, 2.45) is 28.8 Å². The standard InChI is InChI=1S/C12H19NO/c1-2-12(13-14)10-4-8-3-9(6-10)7-11(12)5-8/h8-11H,2-7H2,1H3. The Hall–Kier alpha value is -0.400. The quantitative estimate of drug-likeness (QED) is 0.618. The SMILES string of the molecule is CCC1(N=O)C2CC3CC(C2)CC1C3. The minimum Gasteiger partial charge on any atom is -0.150 e. The number of rotatable bonds is 2. The van der Waals surface area contributed by atoms with Crippen molar-refractivity contribution >= 4 is 0 Å². The van der Waals surface area contributed by atoms with Gasteiger partial charge in [0, 0.05) is 0 Å². The summed E-state index contributed by atoms with van der Waals surface area (Å²) >= 11 is 0. The molecule has 0 aliphatic heterocycles. The fourth-order valence-electron chi connectivity index (χ4n) is 4.79. The highest BCUT2D eigenvalue weighted by atomic mass is 16.3. The van der Waals surface area contributed by atoms with E-state index in [9.17, 15) is 4.91 Å². The Balaban J connectivity index is 1.97. The second kappa shape index (κ2) is 2.80. The van der Waals surface area contributed by atoms with Gasteiger partial charge in [-0.1, -0.05) is 12.1 Å². The lowest BCUT2D eigenvalue weighted by Crippen LogP contribution is -2.56. The summed E-state index contributed by atoms with van der Waals surface area (Å²) in [5.74, 6) is 3.17. The van der Waals surface area contributed by atoms with Crippen LogP contribution in [0, 0.1) is 28.6 Å². The average molecular weight is 193 g/mol. The summed E-state index contributed by atoms with van der Waals surface area (Å²) in [6, 6.07) is 0. The molecule has 0 unspecified atom stereocenters. The second-order valence-corrected chi connectivity index (χ2v) is 5.74. The van der Waals surface area contributed by atoms with Crippen molar-refractivity contribution in [1.82, 2.24) is 0 Å². The molecule has 0 aromatic heterocycles. The molecule has 0 atom stereocenters. The lowest BCUT2D eigenvalue weighted by Gasteiger charge is -2.57. The highest BCUT2D eigenvalue weighted by molar-refractivity contribution is 5.10. The van der Waals surface area contributed by atoms with Crippen LogP contribution in [0.5, 0.6) is 0 Å². The molecule has 0 amide bonds. The molecule has 4 bridgehead atoms. The molecule has 2 heteroatoms. The van der Waals surface area contributed by atoms with Gasteiger partial charge in [-0.2, -0.15) is 4.91 Å². The van der Waals surface area contributed by atoms with E-state index in [-0.39, 0.29) is 5.54 Å². The van der Waals surface area contributed by atoms with E-state index in [2.05, 4.69) is 12.1 Å². The van der Waals surface area contributed by atoms with Gasteiger partial charge in [-0.25, -0.2) is 0 Å². The lowest BCUT2D eigenvalue weighted by molar-refractivity contribution is -0.0560. The van der Waals surface area contributed by atoms with Gasteiger partial charge in [-0.15, -0.1) is 0 Å². The van der Waals surface area contributed by atoms with Crippen LogP contribution in [0.1, 0.15) is 45.4 Å². The molecule has 0 N–H and O–H groups in total. The molecular weight excluding hydrogens is 174 g/mol. The van der Waals surface area contributed by atoms with Gasteiger partial charge in [0.1, 0.15) is 5.54 Å². The van der Waals surface area contributed by atoms with Crippen molar-refractivity contribution in [2.75, 3.05) is 0 Å². The molecule has 0 heterocycles. The topological polar surface area (TPSA) is 29.4 Å². The molecule has 4 fully saturated rings. The fraction of sp³-hybridized carbons (Fsp3) is 1.00. The van der Waals surface area contributed by atoms with Gasteiger partial charge >= 0.3 is 0 Å². The Morgan fingerprint density at radius 2 is 1.57 bits per heavy atom. The van der Waals surface area contributed by atoms with E-state index in [4.69, 9.17) is 0 Å². The van der Waals surface area contributed by atoms with Crippen LogP contribution in [-0.4, -0.2) is 5.54 Å². The van der Waals surface area contributed by atoms with Gasteiger partial charge < -0.3 is 0 Å². The third-order valence-corrected chi connectivity index (χ3v) is 5.29. The zero-order valence-electron chi connectivity index (χ0n) is 8.91. The van der Waals surface area contributed by atoms with Crippen molar-refractivity contribution in [2.45, 2.75) is 51.0 Å². The molecule has 0 saturated heterocycles. The Kier molecular flexibility index (Phi) is 1.78. The van der Waals surface area contributed by atoms with Crippen LogP contribution in [-0.2, 0) is 0 Å². The van der Waals surface area contributed by atoms with Gasteiger partial charge in [-0.3, -0.25) is 0 Å². The van der Waals surface area contributed by atoms with Crippen LogP contribution >= 0.6 is 0 Å². The monoisotopic (exact) mass is 193 g/mol. The third kappa shape index (κ3) is 0.922. The molecule has 4 saturated carbocycles. The van der Waals surface area contributed by atoms with E-state index in [1.165, 1.54) is 32.1 Å². The number of hydrogen-bond acceptors (Lipinski definition) is 2. The van der Waals surface area contributed by atoms with Crippen molar-refractivity contribution in [1.29, 1.82) is 0 Å². The van der Waals surface area contributed by atoms with Gasteiger partial charge in [0.2, 0.25) is 0 Å². The summed E-state index contributed by atoms with van der Waals surface area (Å²) in [6.07, 6.45) is 7.62. The van der Waals surface area contributed by atoms with E-state index in [1.807, 2.05) is 0 Å². The normalized spacial score (nSPS) is 54.9. The van der Waals surface area contributed by atoms with Crippen LogP contribution in [0.15, 0.2) is 5.18 Å². The molecule has 4 rings (SSSR count). The molecule has 0 spiro atoms. The van der Waals surface area contributed by atoms with Crippen molar-refractivity contribution in [3.05, 3.63) is 4.91 Å². The zero-order valence-corrected chi connectivity index (χ0v) is 8.91. The molecule has 4 aliphatic carbocycles. The van der Waals surface area contributed by atoms with Crippen LogP contribution in [0.3, 0.4) is 0 Å². The Bertz CT molecular complexity index is 233. The maximum absolute atomic E-state index is 11.2. The largest absolute Gasteiger partial charge is 0.150 e. The summed E-state index contributed by atoms with van der Waals surface area (Å²) < 4.78 is 0. The second-order valence-electron chi connectivity index (χ2n) is 5.74. The summed E-state index contributed by atoms with van der Waals surface area (Å²) in [6.45, 7) is 2.16. The highest BCUT2D eigenvalue weighted by Crippen LogP contribution is 2.60. The maximum Gasteiger partial charge on any atom is 0.108 e. The number of nitroso groups, excluding NO2 is 1. The van der Waals surface area contributed by atoms with Crippen molar-refractivity contribution in [3.8, 4) is 0 Å². The van der Waals surface area contributed by atoms with E-state index in [0.717, 1.165) is 18.3 Å². The van der Waals surface area contributed by atoms with Crippen molar-refractivity contribution < 1.29 is 0 Å². The van der Waals surface area contributed by atoms with Crippen LogP contribution < -0.4 is 0 Å². The summed E-state index contributed by atoms with van der Waals surface area (Å²) in [7, 11) is 0. The first-order chi connectivity index (χ1) is 6.78. The van der Waals surface area contributed by atoms with E-state index in [0.29, 0.717) is 11.8 Å². The van der Waals surface area contributed by atoms with Gasteiger partial charge in [0.05, 0.1) is 0 Å². The summed E-state index contributed by atoms with van der Waals surface area (Å²) in [5, 5.41) is 3.59. The first-order valence-corrected chi connectivity index (χ1v) is 6.13. The minimum absolute atomic E-state index is 0.145. The van der Waals surface area contributed by atoms with Gasteiger partial charge in [-0.05, 0) is 62.2 Å². The molecule has 78 valence electrons. The fourth-order valence-corrected chi connectivity index (χ4v) is 4.79. The highest BCUT2D eigenvalue weighted by Gasteiger charge is 2.57. The van der Waals surface area contributed by atoms with Gasteiger partial charge in [0.15, 0.2) is 0 Å². The van der Waals surface area contributed by atoms with E-state index >= 15 is 0 Å². The average Bonchev–Trinajstić information content (AvgIpc) is 2.18. The van der Waals surface area contributed by atoms with Crippen LogP contribution in [0.4, 0.5) is 0 Å². The Morgan fingerprint density at radius 3 is 1.93 bits per heavy atom. The molecule has 0 aromatic carbocycles. The first-order valence-electron chi connectivity index (χ1n) is 6.13. The van der Waals surface area contributed by atoms with Crippen molar-refractivity contribution in [3.63, 3.8) is 0 Å². The predicted octanol–water partition coefficient (Wildman–Crippen LogP) is 3.36. The van der Waals surface area contributed by atoms with E-state index < -0.39 is 0 Å². The Morgan fingerprint density at radius 1 is 1.07 bits per heavy atom. The molecule has 4 aliphatic rings. The van der Waals surface area contributed by atoms with Gasteiger partial charge in [0.25, 0.3) is 0 Å². The minimum atomic E-state index is -0.145. The molecule has 14 heavy (non-hydrogen) atoms. The summed E-state index contributed by atoms with van der Waals surface area (Å²) in [4.78, 5) is 11.2. The first kappa shape index (κ1) is 8.87. The summed E-state index contributed by atoms with van der Waals surface area (Å²) in [5.41, 5.74) is -0.145. The number of nitrogens with zero attached hydrogens (tertiary/aromatic N) is 1. The van der Waals surface area contributed by atoms with Crippen LogP contribution in [0.25, 0.3) is 0 Å². The molecule has 0 aromatic rings. The lowest BCUT2D eigenvalue weighted by atomic mass is 9.48. The molecular formula is C12H19NO. The number of hydrogen-bond donors (Lipinski definition) is 0. The van der Waals surface area contributed by atoms with E-state index in [1.54, 1.807) is 0 Å². The molecule has 0 radical (unpaired) electrons. The van der Waals surface area contributed by atoms with Crippen LogP contribution in [0.2, 0.25) is 0 Å². The predicted molar refractivity (Wildman–Crippen MR) is 55.9 cm³/mol. The smallest absolute Gasteiger partial charge is 0.108 e. The Labute approximate surface area is 85.4 Å². The third-order valence-electron chi connectivity index (χ3n) is 5.29. The zero-order chi connectivity index (χ0) is 9.76. The molecule has 2 nitrogen and oxygen atoms in total. The maximum atomic E-state index is 11.2.